The molecule has 1 aromatic carbocycles. The predicted octanol–water partition coefficient (Wildman–Crippen LogP) is 2.99. The maximum Gasteiger partial charge on any atom is 0.0375 e. The smallest absolute Gasteiger partial charge is 0.0375 e. The van der Waals surface area contributed by atoms with Crippen molar-refractivity contribution in [2.24, 2.45) is 0 Å². The zero-order chi connectivity index (χ0) is 12.2. The highest BCUT2D eigenvalue weighted by molar-refractivity contribution is 5.48. The molecule has 1 aromatic rings. The van der Waals surface area contributed by atoms with E-state index in [0.717, 1.165) is 13.1 Å². The van der Waals surface area contributed by atoms with E-state index in [-0.39, 0.29) is 5.54 Å². The van der Waals surface area contributed by atoms with E-state index in [1.807, 2.05) is 7.05 Å². The van der Waals surface area contributed by atoms with Gasteiger partial charge in [0, 0.05) is 24.3 Å². The third-order valence-corrected chi connectivity index (χ3v) is 3.34. The van der Waals surface area contributed by atoms with Gasteiger partial charge in [-0.2, -0.15) is 0 Å². The molecule has 0 fully saturated rings. The van der Waals surface area contributed by atoms with Crippen molar-refractivity contribution in [1.82, 2.24) is 5.32 Å². The second-order valence-corrected chi connectivity index (χ2v) is 4.59. The lowest BCUT2D eigenvalue weighted by molar-refractivity contribution is 0.444. The normalized spacial score (nSPS) is 11.6. The summed E-state index contributed by atoms with van der Waals surface area (Å²) in [5.41, 5.74) is 2.67. The highest BCUT2D eigenvalue weighted by Crippen LogP contribution is 2.22. The summed E-state index contributed by atoms with van der Waals surface area (Å²) in [5.74, 6) is 0. The van der Waals surface area contributed by atoms with Crippen LogP contribution in [0.5, 0.6) is 0 Å². The van der Waals surface area contributed by atoms with Crippen molar-refractivity contribution >= 4 is 5.69 Å². The second kappa shape index (κ2) is 5.35. The van der Waals surface area contributed by atoms with E-state index < -0.39 is 0 Å². The zero-order valence-corrected chi connectivity index (χ0v) is 11.2. The standard InChI is InChI=1S/C14H24N2/c1-6-16(7-2)13-10-8-12(9-11-13)14(3,4)15-5/h8-11,15H,6-7H2,1-5H3. The first-order valence-corrected chi connectivity index (χ1v) is 6.09. The quantitative estimate of drug-likeness (QED) is 0.820. The molecule has 0 saturated carbocycles. The Morgan fingerprint density at radius 3 is 1.94 bits per heavy atom. The molecule has 2 heteroatoms. The average molecular weight is 220 g/mol. The molecule has 16 heavy (non-hydrogen) atoms. The van der Waals surface area contributed by atoms with Gasteiger partial charge in [0.25, 0.3) is 0 Å². The lowest BCUT2D eigenvalue weighted by atomic mass is 9.94. The monoisotopic (exact) mass is 220 g/mol. The summed E-state index contributed by atoms with van der Waals surface area (Å²) in [6.45, 7) is 10.9. The minimum atomic E-state index is 0.0434. The SMILES string of the molecule is CCN(CC)c1ccc(C(C)(C)NC)cc1. The third kappa shape index (κ3) is 2.76. The molecule has 2 nitrogen and oxygen atoms in total. The highest BCUT2D eigenvalue weighted by atomic mass is 15.1. The number of benzene rings is 1. The van der Waals surface area contributed by atoms with E-state index in [1.165, 1.54) is 11.3 Å². The van der Waals surface area contributed by atoms with Crippen molar-refractivity contribution in [3.63, 3.8) is 0 Å². The van der Waals surface area contributed by atoms with E-state index in [9.17, 15) is 0 Å². The van der Waals surface area contributed by atoms with Crippen LogP contribution in [0.1, 0.15) is 33.3 Å². The maximum absolute atomic E-state index is 3.32. The Morgan fingerprint density at radius 2 is 1.56 bits per heavy atom. The molecule has 0 amide bonds. The van der Waals surface area contributed by atoms with E-state index in [4.69, 9.17) is 0 Å². The summed E-state index contributed by atoms with van der Waals surface area (Å²) in [6, 6.07) is 8.84. The number of rotatable bonds is 5. The molecule has 0 unspecified atom stereocenters. The minimum absolute atomic E-state index is 0.0434. The molecule has 0 aliphatic rings. The van der Waals surface area contributed by atoms with Crippen LogP contribution >= 0.6 is 0 Å². The first kappa shape index (κ1) is 13.0. The first-order valence-electron chi connectivity index (χ1n) is 6.09. The number of nitrogens with one attached hydrogen (secondary N) is 1. The number of nitrogens with zero attached hydrogens (tertiary/aromatic N) is 1. The van der Waals surface area contributed by atoms with Crippen molar-refractivity contribution in [2.75, 3.05) is 25.0 Å². The fourth-order valence-electron chi connectivity index (χ4n) is 1.82. The van der Waals surface area contributed by atoms with Gasteiger partial charge in [0.15, 0.2) is 0 Å². The molecule has 0 saturated heterocycles. The van der Waals surface area contributed by atoms with E-state index >= 15 is 0 Å². The van der Waals surface area contributed by atoms with Gasteiger partial charge < -0.3 is 10.2 Å². The zero-order valence-electron chi connectivity index (χ0n) is 11.2. The van der Waals surface area contributed by atoms with Crippen molar-refractivity contribution in [3.05, 3.63) is 29.8 Å². The van der Waals surface area contributed by atoms with Crippen LogP contribution < -0.4 is 10.2 Å². The summed E-state index contributed by atoms with van der Waals surface area (Å²) in [5, 5.41) is 3.32. The van der Waals surface area contributed by atoms with Gasteiger partial charge in [0.05, 0.1) is 0 Å². The van der Waals surface area contributed by atoms with Crippen molar-refractivity contribution in [2.45, 2.75) is 33.2 Å². The number of hydrogen-bond acceptors (Lipinski definition) is 2. The average Bonchev–Trinajstić information content (AvgIpc) is 2.31. The van der Waals surface area contributed by atoms with Crippen LogP contribution in [0, 0.1) is 0 Å². The van der Waals surface area contributed by atoms with Crippen LogP contribution in [0.25, 0.3) is 0 Å². The molecule has 0 aromatic heterocycles. The van der Waals surface area contributed by atoms with Crippen molar-refractivity contribution < 1.29 is 0 Å². The third-order valence-electron chi connectivity index (χ3n) is 3.34. The lowest BCUT2D eigenvalue weighted by Crippen LogP contribution is -2.33. The van der Waals surface area contributed by atoms with Crippen molar-refractivity contribution in [3.8, 4) is 0 Å². The molecule has 90 valence electrons. The van der Waals surface area contributed by atoms with Crippen LogP contribution in [0.15, 0.2) is 24.3 Å². The summed E-state index contributed by atoms with van der Waals surface area (Å²) in [6.07, 6.45) is 0. The Bertz CT molecular complexity index is 310. The Balaban J connectivity index is 2.90. The molecule has 0 spiro atoms. The number of anilines is 1. The van der Waals surface area contributed by atoms with Crippen LogP contribution in [0.2, 0.25) is 0 Å². The number of hydrogen-bond donors (Lipinski definition) is 1. The molecular formula is C14H24N2. The highest BCUT2D eigenvalue weighted by Gasteiger charge is 2.17. The predicted molar refractivity (Wildman–Crippen MR) is 72.1 cm³/mol. The van der Waals surface area contributed by atoms with Crippen molar-refractivity contribution in [1.29, 1.82) is 0 Å². The lowest BCUT2D eigenvalue weighted by Gasteiger charge is -2.26. The minimum Gasteiger partial charge on any atom is -0.372 e. The van der Waals surface area contributed by atoms with Crippen LogP contribution in [0.3, 0.4) is 0 Å². The fraction of sp³-hybridized carbons (Fsp3) is 0.571. The molecular weight excluding hydrogens is 196 g/mol. The van der Waals surface area contributed by atoms with Gasteiger partial charge in [0.1, 0.15) is 0 Å². The molecule has 0 aliphatic heterocycles. The maximum atomic E-state index is 3.32. The van der Waals surface area contributed by atoms with E-state index in [2.05, 4.69) is 62.2 Å². The molecule has 0 heterocycles. The molecule has 0 radical (unpaired) electrons. The summed E-state index contributed by atoms with van der Waals surface area (Å²) < 4.78 is 0. The van der Waals surface area contributed by atoms with Gasteiger partial charge in [-0.15, -0.1) is 0 Å². The largest absolute Gasteiger partial charge is 0.372 e. The summed E-state index contributed by atoms with van der Waals surface area (Å²) in [7, 11) is 2.00. The van der Waals surface area contributed by atoms with Gasteiger partial charge in [-0.05, 0) is 52.4 Å². The summed E-state index contributed by atoms with van der Waals surface area (Å²) >= 11 is 0. The van der Waals surface area contributed by atoms with E-state index in [0.29, 0.717) is 0 Å². The van der Waals surface area contributed by atoms with Gasteiger partial charge in [-0.25, -0.2) is 0 Å². The van der Waals surface area contributed by atoms with E-state index in [1.54, 1.807) is 0 Å². The van der Waals surface area contributed by atoms with Crippen LogP contribution in [-0.2, 0) is 5.54 Å². The molecule has 0 aliphatic carbocycles. The summed E-state index contributed by atoms with van der Waals surface area (Å²) in [4.78, 5) is 2.36. The first-order chi connectivity index (χ1) is 7.55. The fourth-order valence-corrected chi connectivity index (χ4v) is 1.82. The Morgan fingerprint density at radius 1 is 1.06 bits per heavy atom. The molecule has 0 atom stereocenters. The van der Waals surface area contributed by atoms with Crippen LogP contribution in [0.4, 0.5) is 5.69 Å². The van der Waals surface area contributed by atoms with Crippen LogP contribution in [-0.4, -0.2) is 20.1 Å². The van der Waals surface area contributed by atoms with Gasteiger partial charge >= 0.3 is 0 Å². The molecule has 0 bridgehead atoms. The van der Waals surface area contributed by atoms with Gasteiger partial charge in [-0.3, -0.25) is 0 Å². The molecule has 1 N–H and O–H groups in total. The Kier molecular flexibility index (Phi) is 4.36. The van der Waals surface area contributed by atoms with Gasteiger partial charge in [-0.1, -0.05) is 12.1 Å². The Labute approximate surface area is 99.7 Å². The second-order valence-electron chi connectivity index (χ2n) is 4.59. The van der Waals surface area contributed by atoms with Gasteiger partial charge in [0.2, 0.25) is 0 Å². The topological polar surface area (TPSA) is 15.3 Å². The Hall–Kier alpha value is -1.02. The molecule has 1 rings (SSSR count).